The van der Waals surface area contributed by atoms with Crippen LogP contribution in [0.2, 0.25) is 5.02 Å². The maximum Gasteiger partial charge on any atom is 0.323 e. The number of hydrogen-bond acceptors (Lipinski definition) is 3. The van der Waals surface area contributed by atoms with E-state index in [0.29, 0.717) is 30.4 Å². The van der Waals surface area contributed by atoms with Gasteiger partial charge in [0.2, 0.25) is 0 Å². The highest BCUT2D eigenvalue weighted by Crippen LogP contribution is 2.18. The van der Waals surface area contributed by atoms with Crippen molar-refractivity contribution < 1.29 is 9.90 Å². The van der Waals surface area contributed by atoms with Crippen LogP contribution in [0.4, 0.5) is 10.6 Å². The fraction of sp³-hybridized carbons (Fsp3) is 0.444. The minimum absolute atomic E-state index is 0.0369. The maximum atomic E-state index is 12.7. The van der Waals surface area contributed by atoms with E-state index in [1.54, 1.807) is 29.3 Å². The van der Waals surface area contributed by atoms with Crippen LogP contribution in [-0.4, -0.2) is 39.0 Å². The zero-order valence-corrected chi connectivity index (χ0v) is 15.4. The predicted molar refractivity (Wildman–Crippen MR) is 99.8 cm³/mol. The number of benzene rings is 1. The highest BCUT2D eigenvalue weighted by atomic mass is 35.5. The monoisotopic (exact) mass is 364 g/mol. The van der Waals surface area contributed by atoms with Crippen LogP contribution < -0.4 is 5.32 Å². The smallest absolute Gasteiger partial charge is 0.323 e. The zero-order valence-electron chi connectivity index (χ0n) is 14.7. The van der Waals surface area contributed by atoms with Gasteiger partial charge in [-0.1, -0.05) is 30.7 Å². The van der Waals surface area contributed by atoms with E-state index in [1.165, 1.54) is 0 Å². The summed E-state index contributed by atoms with van der Waals surface area (Å²) in [6.45, 7) is 5.07. The number of hydrogen-bond donors (Lipinski definition) is 2. The molecule has 0 fully saturated rings. The summed E-state index contributed by atoms with van der Waals surface area (Å²) in [4.78, 5) is 14.4. The second-order valence-electron chi connectivity index (χ2n) is 5.97. The molecule has 2 N–H and O–H groups in total. The third-order valence-corrected chi connectivity index (χ3v) is 4.33. The van der Waals surface area contributed by atoms with Gasteiger partial charge in [-0.05, 0) is 37.5 Å². The molecule has 0 radical (unpaired) electrons. The largest absolute Gasteiger partial charge is 0.396 e. The first-order chi connectivity index (χ1) is 12.0. The van der Waals surface area contributed by atoms with Gasteiger partial charge in [-0.3, -0.25) is 5.32 Å². The first-order valence-electron chi connectivity index (χ1n) is 8.50. The first kappa shape index (κ1) is 19.3. The molecule has 2 rings (SSSR count). The first-order valence-corrected chi connectivity index (χ1v) is 8.87. The van der Waals surface area contributed by atoms with E-state index in [1.807, 2.05) is 16.8 Å². The van der Waals surface area contributed by atoms with Crippen molar-refractivity contribution in [2.75, 3.05) is 18.5 Å². The van der Waals surface area contributed by atoms with Crippen molar-refractivity contribution in [2.24, 2.45) is 0 Å². The summed E-state index contributed by atoms with van der Waals surface area (Å²) in [7, 11) is 0. The SMILES string of the molecule is CCC(C)n1nccc1NC(=O)N(CCCO)Cc1ccc(Cl)cc1. The lowest BCUT2D eigenvalue weighted by molar-refractivity contribution is 0.199. The Hall–Kier alpha value is -2.05. The summed E-state index contributed by atoms with van der Waals surface area (Å²) < 4.78 is 1.81. The number of anilines is 1. The molecule has 25 heavy (non-hydrogen) atoms. The van der Waals surface area contributed by atoms with E-state index < -0.39 is 0 Å². The molecule has 1 unspecified atom stereocenters. The topological polar surface area (TPSA) is 70.4 Å². The summed E-state index contributed by atoms with van der Waals surface area (Å²) in [5, 5.41) is 17.0. The highest BCUT2D eigenvalue weighted by Gasteiger charge is 2.17. The van der Waals surface area contributed by atoms with E-state index in [9.17, 15) is 4.79 Å². The Balaban J connectivity index is 2.10. The number of aliphatic hydroxyl groups is 1. The van der Waals surface area contributed by atoms with Gasteiger partial charge in [0.1, 0.15) is 5.82 Å². The second-order valence-corrected chi connectivity index (χ2v) is 6.41. The molecule has 0 saturated carbocycles. The van der Waals surface area contributed by atoms with Crippen molar-refractivity contribution in [1.29, 1.82) is 0 Å². The van der Waals surface area contributed by atoms with E-state index in [2.05, 4.69) is 24.3 Å². The van der Waals surface area contributed by atoms with E-state index in [-0.39, 0.29) is 18.7 Å². The molecule has 0 aliphatic rings. The molecule has 0 spiro atoms. The molecule has 1 aromatic carbocycles. The number of urea groups is 1. The van der Waals surface area contributed by atoms with Gasteiger partial charge in [0.25, 0.3) is 0 Å². The van der Waals surface area contributed by atoms with E-state index in [4.69, 9.17) is 16.7 Å². The van der Waals surface area contributed by atoms with Crippen molar-refractivity contribution in [1.82, 2.24) is 14.7 Å². The van der Waals surface area contributed by atoms with Crippen molar-refractivity contribution in [3.8, 4) is 0 Å². The third-order valence-electron chi connectivity index (χ3n) is 4.07. The molecule has 1 heterocycles. The Kier molecular flexibility index (Phi) is 7.28. The number of rotatable bonds is 8. The molecule has 6 nitrogen and oxygen atoms in total. The second kappa shape index (κ2) is 9.44. The number of carbonyl (C=O) groups excluding carboxylic acids is 1. The quantitative estimate of drug-likeness (QED) is 0.745. The van der Waals surface area contributed by atoms with Gasteiger partial charge in [-0.2, -0.15) is 5.10 Å². The van der Waals surface area contributed by atoms with E-state index >= 15 is 0 Å². The van der Waals surface area contributed by atoms with Gasteiger partial charge in [0.05, 0.1) is 12.2 Å². The zero-order chi connectivity index (χ0) is 18.2. The van der Waals surface area contributed by atoms with Crippen LogP contribution in [0.3, 0.4) is 0 Å². The van der Waals surface area contributed by atoms with Crippen LogP contribution in [0, 0.1) is 0 Å². The lowest BCUT2D eigenvalue weighted by Gasteiger charge is -2.24. The summed E-state index contributed by atoms with van der Waals surface area (Å²) >= 11 is 5.91. The van der Waals surface area contributed by atoms with Crippen molar-refractivity contribution in [3.63, 3.8) is 0 Å². The molecular formula is C18H25ClN4O2. The third kappa shape index (κ3) is 5.47. The minimum atomic E-state index is -0.214. The molecule has 1 aromatic heterocycles. The standard InChI is InChI=1S/C18H25ClN4O2/c1-3-14(2)23-17(9-10-20-23)21-18(25)22(11-4-12-24)13-15-5-7-16(19)8-6-15/h5-10,14,24H,3-4,11-13H2,1-2H3,(H,21,25). The average molecular weight is 365 g/mol. The van der Waals surface area contributed by atoms with Crippen LogP contribution in [0.25, 0.3) is 0 Å². The van der Waals surface area contributed by atoms with Gasteiger partial charge in [-0.15, -0.1) is 0 Å². The molecule has 2 amide bonds. The normalized spacial score (nSPS) is 12.0. The van der Waals surface area contributed by atoms with Gasteiger partial charge in [-0.25, -0.2) is 9.48 Å². The Morgan fingerprint density at radius 2 is 2.08 bits per heavy atom. The van der Waals surface area contributed by atoms with Crippen molar-refractivity contribution in [2.45, 2.75) is 39.3 Å². The Labute approximate surface area is 153 Å². The summed E-state index contributed by atoms with van der Waals surface area (Å²) in [6, 6.07) is 9.17. The lowest BCUT2D eigenvalue weighted by Crippen LogP contribution is -2.36. The fourth-order valence-electron chi connectivity index (χ4n) is 2.45. The van der Waals surface area contributed by atoms with Crippen LogP contribution in [0.5, 0.6) is 0 Å². The number of amides is 2. The molecule has 2 aromatic rings. The molecule has 0 aliphatic heterocycles. The number of carbonyl (C=O) groups is 1. The van der Waals surface area contributed by atoms with Gasteiger partial charge >= 0.3 is 6.03 Å². The Morgan fingerprint density at radius 1 is 1.36 bits per heavy atom. The summed E-state index contributed by atoms with van der Waals surface area (Å²) in [5.74, 6) is 0.671. The number of nitrogens with one attached hydrogen (secondary N) is 1. The summed E-state index contributed by atoms with van der Waals surface area (Å²) in [5.41, 5.74) is 0.980. The van der Waals surface area contributed by atoms with Gasteiger partial charge in [0.15, 0.2) is 0 Å². The molecule has 0 aliphatic carbocycles. The average Bonchev–Trinajstić information content (AvgIpc) is 3.07. The fourth-order valence-corrected chi connectivity index (χ4v) is 2.58. The van der Waals surface area contributed by atoms with Crippen LogP contribution in [0.15, 0.2) is 36.5 Å². The summed E-state index contributed by atoms with van der Waals surface area (Å²) in [6.07, 6.45) is 3.12. The molecule has 1 atom stereocenters. The van der Waals surface area contributed by atoms with Crippen molar-refractivity contribution >= 4 is 23.4 Å². The molecule has 0 bridgehead atoms. The van der Waals surface area contributed by atoms with E-state index in [0.717, 1.165) is 12.0 Å². The Bertz CT molecular complexity index is 672. The van der Waals surface area contributed by atoms with Gasteiger partial charge in [0, 0.05) is 30.8 Å². The highest BCUT2D eigenvalue weighted by molar-refractivity contribution is 6.30. The molecular weight excluding hydrogens is 340 g/mol. The van der Waals surface area contributed by atoms with Crippen LogP contribution in [-0.2, 0) is 6.54 Å². The minimum Gasteiger partial charge on any atom is -0.396 e. The van der Waals surface area contributed by atoms with Crippen LogP contribution >= 0.6 is 11.6 Å². The number of halogens is 1. The molecule has 136 valence electrons. The Morgan fingerprint density at radius 3 is 2.72 bits per heavy atom. The molecule has 7 heteroatoms. The van der Waals surface area contributed by atoms with Gasteiger partial charge < -0.3 is 10.0 Å². The molecule has 0 saturated heterocycles. The predicted octanol–water partition coefficient (Wildman–Crippen LogP) is 3.92. The maximum absolute atomic E-state index is 12.7. The van der Waals surface area contributed by atoms with Crippen LogP contribution in [0.1, 0.15) is 38.3 Å². The number of aliphatic hydroxyl groups excluding tert-OH is 1. The number of aromatic nitrogens is 2. The number of nitrogens with zero attached hydrogens (tertiary/aromatic N) is 3. The van der Waals surface area contributed by atoms with Crippen molar-refractivity contribution in [3.05, 3.63) is 47.1 Å². The lowest BCUT2D eigenvalue weighted by atomic mass is 10.2.